The number of nitrogens with one attached hydrogen (secondary N) is 1. The van der Waals surface area contributed by atoms with E-state index in [-0.39, 0.29) is 17.9 Å². The third-order valence-corrected chi connectivity index (χ3v) is 7.15. The van der Waals surface area contributed by atoms with Crippen LogP contribution in [0.5, 0.6) is 0 Å². The van der Waals surface area contributed by atoms with Crippen LogP contribution in [0, 0.1) is 0 Å². The van der Waals surface area contributed by atoms with Crippen LogP contribution in [-0.2, 0) is 0 Å². The number of carbonyl (C=O) groups is 1. The van der Waals surface area contributed by atoms with Crippen LogP contribution in [0.2, 0.25) is 0 Å². The minimum absolute atomic E-state index is 0.00830. The SMILES string of the molecule is O=C(NC1CCCCC1)N1C[C@@H](c2cccnc2)[C@H](c2nc(C3CCCC3)no2)C1. The van der Waals surface area contributed by atoms with Gasteiger partial charge in [0, 0.05) is 43.4 Å². The zero-order chi connectivity index (χ0) is 20.3. The summed E-state index contributed by atoms with van der Waals surface area (Å²) in [4.78, 5) is 24.0. The van der Waals surface area contributed by atoms with Crippen LogP contribution < -0.4 is 5.32 Å². The quantitative estimate of drug-likeness (QED) is 0.812. The van der Waals surface area contributed by atoms with E-state index in [9.17, 15) is 4.79 Å². The van der Waals surface area contributed by atoms with Crippen LogP contribution in [0.1, 0.15) is 92.8 Å². The third kappa shape index (κ3) is 4.07. The number of aromatic nitrogens is 3. The molecule has 5 rings (SSSR count). The van der Waals surface area contributed by atoms with Gasteiger partial charge in [0.15, 0.2) is 5.82 Å². The van der Waals surface area contributed by atoms with Crippen LogP contribution in [0.15, 0.2) is 29.0 Å². The van der Waals surface area contributed by atoms with Crippen molar-refractivity contribution < 1.29 is 9.32 Å². The first-order valence-corrected chi connectivity index (χ1v) is 11.6. The van der Waals surface area contributed by atoms with Crippen molar-refractivity contribution in [1.29, 1.82) is 0 Å². The number of hydrogen-bond donors (Lipinski definition) is 1. The Hall–Kier alpha value is -2.44. The molecule has 1 N–H and O–H groups in total. The predicted octanol–water partition coefficient (Wildman–Crippen LogP) is 4.35. The fourth-order valence-corrected chi connectivity index (χ4v) is 5.41. The molecule has 0 bridgehead atoms. The van der Waals surface area contributed by atoms with E-state index in [4.69, 9.17) is 9.51 Å². The number of likely N-dealkylation sites (tertiary alicyclic amines) is 1. The van der Waals surface area contributed by atoms with Crippen molar-refractivity contribution in [2.75, 3.05) is 13.1 Å². The highest BCUT2D eigenvalue weighted by atomic mass is 16.5. The minimum atomic E-state index is 0.00830. The molecule has 3 heterocycles. The number of nitrogens with zero attached hydrogens (tertiary/aromatic N) is 4. The number of hydrogen-bond acceptors (Lipinski definition) is 5. The Bertz CT molecular complexity index is 842. The maximum atomic E-state index is 13.0. The molecule has 0 radical (unpaired) electrons. The second-order valence-electron chi connectivity index (χ2n) is 9.16. The lowest BCUT2D eigenvalue weighted by Gasteiger charge is -2.26. The molecule has 2 amide bonds. The van der Waals surface area contributed by atoms with Crippen molar-refractivity contribution in [1.82, 2.24) is 25.3 Å². The van der Waals surface area contributed by atoms with Crippen molar-refractivity contribution in [2.24, 2.45) is 0 Å². The van der Waals surface area contributed by atoms with Crippen LogP contribution in [0.25, 0.3) is 0 Å². The van der Waals surface area contributed by atoms with Gasteiger partial charge in [-0.05, 0) is 37.3 Å². The monoisotopic (exact) mass is 409 g/mol. The predicted molar refractivity (Wildman–Crippen MR) is 112 cm³/mol. The topological polar surface area (TPSA) is 84.2 Å². The lowest BCUT2D eigenvalue weighted by atomic mass is 9.90. The molecule has 1 saturated heterocycles. The van der Waals surface area contributed by atoms with E-state index in [2.05, 4.69) is 21.5 Å². The summed E-state index contributed by atoms with van der Waals surface area (Å²) in [6.07, 6.45) is 14.3. The highest BCUT2D eigenvalue weighted by Crippen LogP contribution is 2.40. The molecule has 160 valence electrons. The van der Waals surface area contributed by atoms with Gasteiger partial charge < -0.3 is 14.7 Å². The van der Waals surface area contributed by atoms with Gasteiger partial charge in [-0.25, -0.2) is 4.79 Å². The van der Waals surface area contributed by atoms with Gasteiger partial charge in [0.25, 0.3) is 0 Å². The smallest absolute Gasteiger partial charge is 0.317 e. The summed E-state index contributed by atoms with van der Waals surface area (Å²) in [5.74, 6) is 2.06. The third-order valence-electron chi connectivity index (χ3n) is 7.15. The van der Waals surface area contributed by atoms with Crippen LogP contribution in [-0.4, -0.2) is 45.2 Å². The normalized spacial score (nSPS) is 25.7. The molecule has 2 atom stereocenters. The molecule has 2 saturated carbocycles. The summed E-state index contributed by atoms with van der Waals surface area (Å²) < 4.78 is 5.75. The van der Waals surface area contributed by atoms with Gasteiger partial charge in [-0.2, -0.15) is 4.98 Å². The number of rotatable bonds is 4. The maximum absolute atomic E-state index is 13.0. The molecule has 2 aromatic heterocycles. The molecular formula is C23H31N5O2. The molecule has 30 heavy (non-hydrogen) atoms. The Balaban J connectivity index is 1.34. The van der Waals surface area contributed by atoms with Crippen LogP contribution in [0.4, 0.5) is 4.79 Å². The van der Waals surface area contributed by atoms with E-state index < -0.39 is 0 Å². The van der Waals surface area contributed by atoms with Gasteiger partial charge >= 0.3 is 6.03 Å². The summed E-state index contributed by atoms with van der Waals surface area (Å²) in [7, 11) is 0. The first kappa shape index (κ1) is 19.5. The first-order valence-electron chi connectivity index (χ1n) is 11.6. The molecule has 0 unspecified atom stereocenters. The molecule has 3 fully saturated rings. The van der Waals surface area contributed by atoms with E-state index in [1.54, 1.807) is 6.20 Å². The standard InChI is InChI=1S/C23H31N5O2/c29-23(25-18-10-2-1-3-11-18)28-14-19(17-9-6-12-24-13-17)20(15-28)22-26-21(27-30-22)16-7-4-5-8-16/h6,9,12-13,16,18-20H,1-5,7-8,10-11,14-15H2,(H,25,29)/t19-,20+/m0/s1. The van der Waals surface area contributed by atoms with Crippen molar-refractivity contribution in [2.45, 2.75) is 81.6 Å². The zero-order valence-electron chi connectivity index (χ0n) is 17.5. The van der Waals surface area contributed by atoms with Gasteiger partial charge in [0.1, 0.15) is 0 Å². The van der Waals surface area contributed by atoms with Gasteiger partial charge in [0.05, 0.1) is 5.92 Å². The molecule has 2 aliphatic carbocycles. The van der Waals surface area contributed by atoms with Gasteiger partial charge in [0.2, 0.25) is 5.89 Å². The first-order chi connectivity index (χ1) is 14.8. The van der Waals surface area contributed by atoms with Crippen LogP contribution >= 0.6 is 0 Å². The van der Waals surface area contributed by atoms with Crippen molar-refractivity contribution in [3.05, 3.63) is 41.8 Å². The Kier molecular flexibility index (Phi) is 5.69. The highest BCUT2D eigenvalue weighted by molar-refractivity contribution is 5.75. The Morgan fingerprint density at radius 1 is 1.03 bits per heavy atom. The van der Waals surface area contributed by atoms with E-state index in [0.717, 1.165) is 37.1 Å². The number of pyridine rings is 1. The molecule has 1 aliphatic heterocycles. The average molecular weight is 410 g/mol. The highest BCUT2D eigenvalue weighted by Gasteiger charge is 2.41. The van der Waals surface area contributed by atoms with Gasteiger partial charge in [-0.1, -0.05) is 43.3 Å². The summed E-state index contributed by atoms with van der Waals surface area (Å²) in [5, 5.41) is 7.57. The van der Waals surface area contributed by atoms with E-state index >= 15 is 0 Å². The summed E-state index contributed by atoms with van der Waals surface area (Å²) in [6, 6.07) is 4.38. The fraction of sp³-hybridized carbons (Fsp3) is 0.652. The Morgan fingerprint density at radius 3 is 2.57 bits per heavy atom. The average Bonchev–Trinajstić information content (AvgIpc) is 3.55. The van der Waals surface area contributed by atoms with Gasteiger partial charge in [-0.3, -0.25) is 4.98 Å². The molecule has 7 heteroatoms. The molecular weight excluding hydrogens is 378 g/mol. The molecule has 0 spiro atoms. The summed E-state index contributed by atoms with van der Waals surface area (Å²) in [6.45, 7) is 1.25. The summed E-state index contributed by atoms with van der Waals surface area (Å²) in [5.41, 5.74) is 1.12. The lowest BCUT2D eigenvalue weighted by Crippen LogP contribution is -2.44. The zero-order valence-corrected chi connectivity index (χ0v) is 17.5. The molecule has 3 aliphatic rings. The minimum Gasteiger partial charge on any atom is -0.339 e. The Labute approximate surface area is 177 Å². The maximum Gasteiger partial charge on any atom is 0.317 e. The van der Waals surface area contributed by atoms with E-state index in [1.807, 2.05) is 17.2 Å². The summed E-state index contributed by atoms with van der Waals surface area (Å²) >= 11 is 0. The lowest BCUT2D eigenvalue weighted by molar-refractivity contribution is 0.199. The number of carbonyl (C=O) groups excluding carboxylic acids is 1. The van der Waals surface area contributed by atoms with Gasteiger partial charge in [-0.15, -0.1) is 0 Å². The second kappa shape index (κ2) is 8.74. The number of urea groups is 1. The van der Waals surface area contributed by atoms with Crippen molar-refractivity contribution in [3.63, 3.8) is 0 Å². The number of amides is 2. The largest absolute Gasteiger partial charge is 0.339 e. The molecule has 2 aromatic rings. The Morgan fingerprint density at radius 2 is 1.80 bits per heavy atom. The van der Waals surface area contributed by atoms with Crippen molar-refractivity contribution in [3.8, 4) is 0 Å². The van der Waals surface area contributed by atoms with E-state index in [0.29, 0.717) is 30.9 Å². The second-order valence-corrected chi connectivity index (χ2v) is 9.16. The van der Waals surface area contributed by atoms with E-state index in [1.165, 1.54) is 32.1 Å². The van der Waals surface area contributed by atoms with Crippen LogP contribution in [0.3, 0.4) is 0 Å². The molecule has 7 nitrogen and oxygen atoms in total. The fourth-order valence-electron chi connectivity index (χ4n) is 5.41. The molecule has 0 aromatic carbocycles. The van der Waals surface area contributed by atoms with Crippen molar-refractivity contribution >= 4 is 6.03 Å².